The Balaban J connectivity index is 2.10. The molecule has 34 heavy (non-hydrogen) atoms. The van der Waals surface area contributed by atoms with Gasteiger partial charge < -0.3 is 13.9 Å². The van der Waals surface area contributed by atoms with Gasteiger partial charge in [0.05, 0.1) is 13.4 Å². The van der Waals surface area contributed by atoms with Crippen molar-refractivity contribution in [1.29, 1.82) is 0 Å². The highest BCUT2D eigenvalue weighted by molar-refractivity contribution is 6.74. The molecule has 0 aromatic heterocycles. The Labute approximate surface area is 209 Å². The fourth-order valence-electron chi connectivity index (χ4n) is 5.10. The fraction of sp³-hybridized carbons (Fsp3) is 0.667. The number of hydrogen-bond acceptors (Lipinski definition) is 3. The maximum absolute atomic E-state index is 7.00. The summed E-state index contributed by atoms with van der Waals surface area (Å²) in [5, 5.41) is 0.115. The first-order chi connectivity index (χ1) is 15.9. The van der Waals surface area contributed by atoms with Gasteiger partial charge >= 0.3 is 0 Å². The highest BCUT2D eigenvalue weighted by Crippen LogP contribution is 2.56. The summed E-state index contributed by atoms with van der Waals surface area (Å²) in [5.41, 5.74) is 3.40. The van der Waals surface area contributed by atoms with Gasteiger partial charge in [0, 0.05) is 29.4 Å². The largest absolute Gasteiger partial charge is 0.543 e. The van der Waals surface area contributed by atoms with Crippen molar-refractivity contribution in [2.45, 2.75) is 116 Å². The van der Waals surface area contributed by atoms with Gasteiger partial charge in [-0.3, -0.25) is 0 Å². The maximum atomic E-state index is 7.00. The maximum Gasteiger partial charge on any atom is 0.250 e. The first kappa shape index (κ1) is 26.7. The molecule has 1 heterocycles. The molecule has 1 aromatic carbocycles. The normalized spacial score (nSPS) is 22.7. The summed E-state index contributed by atoms with van der Waals surface area (Å²) in [6, 6.07) is 4.35. The molecule has 0 amide bonds. The molecule has 0 spiro atoms. The molecule has 3 nitrogen and oxygen atoms in total. The Morgan fingerprint density at radius 1 is 1.21 bits per heavy atom. The van der Waals surface area contributed by atoms with Crippen molar-refractivity contribution in [2.24, 2.45) is 5.92 Å². The van der Waals surface area contributed by atoms with Crippen molar-refractivity contribution in [3.63, 3.8) is 0 Å². The van der Waals surface area contributed by atoms with Crippen LogP contribution in [0.1, 0.15) is 104 Å². The predicted molar refractivity (Wildman–Crippen MR) is 145 cm³/mol. The van der Waals surface area contributed by atoms with Gasteiger partial charge in [0.15, 0.2) is 0 Å². The van der Waals surface area contributed by atoms with E-state index in [0.717, 1.165) is 49.2 Å². The summed E-state index contributed by atoms with van der Waals surface area (Å²) >= 11 is 0. The summed E-state index contributed by atoms with van der Waals surface area (Å²) < 4.78 is 19.1. The Hall–Kier alpha value is -1.86. The Bertz CT molecular complexity index is 956. The number of unbranched alkanes of at least 4 members (excludes halogenated alkanes) is 3. The van der Waals surface area contributed by atoms with Crippen molar-refractivity contribution in [3.8, 4) is 23.3 Å². The van der Waals surface area contributed by atoms with Gasteiger partial charge in [0.1, 0.15) is 17.1 Å². The minimum Gasteiger partial charge on any atom is -0.543 e. The van der Waals surface area contributed by atoms with E-state index in [0.29, 0.717) is 11.8 Å². The van der Waals surface area contributed by atoms with E-state index in [4.69, 9.17) is 13.9 Å². The van der Waals surface area contributed by atoms with Crippen molar-refractivity contribution in [2.75, 3.05) is 7.11 Å². The third-order valence-electron chi connectivity index (χ3n) is 8.08. The van der Waals surface area contributed by atoms with E-state index < -0.39 is 8.32 Å². The Kier molecular flexibility index (Phi) is 8.18. The number of benzene rings is 1. The molecule has 1 saturated carbocycles. The Morgan fingerprint density at radius 2 is 1.94 bits per heavy atom. The smallest absolute Gasteiger partial charge is 0.250 e. The first-order valence-corrected chi connectivity index (χ1v) is 16.1. The summed E-state index contributed by atoms with van der Waals surface area (Å²) in [6.45, 7) is 18.3. The number of hydrogen-bond donors (Lipinski definition) is 0. The molecule has 0 bridgehead atoms. The zero-order chi connectivity index (χ0) is 25.1. The van der Waals surface area contributed by atoms with Gasteiger partial charge in [-0.1, -0.05) is 52.4 Å². The molecule has 1 fully saturated rings. The number of methoxy groups -OCH3 is 1. The monoisotopic (exact) mass is 482 g/mol. The van der Waals surface area contributed by atoms with Gasteiger partial charge in [-0.2, -0.15) is 0 Å². The van der Waals surface area contributed by atoms with E-state index >= 15 is 0 Å². The van der Waals surface area contributed by atoms with E-state index in [-0.39, 0.29) is 10.6 Å². The molecule has 1 aliphatic carbocycles. The molecule has 2 aliphatic rings. The third kappa shape index (κ3) is 5.85. The Morgan fingerprint density at radius 3 is 2.59 bits per heavy atom. The second kappa shape index (κ2) is 10.4. The highest BCUT2D eigenvalue weighted by Gasteiger charge is 2.48. The highest BCUT2D eigenvalue weighted by atomic mass is 28.4. The number of allylic oxidation sites excluding steroid dienone is 1. The van der Waals surface area contributed by atoms with Crippen LogP contribution in [-0.2, 0) is 4.74 Å². The van der Waals surface area contributed by atoms with Crippen molar-refractivity contribution < 1.29 is 13.9 Å². The van der Waals surface area contributed by atoms with Crippen LogP contribution in [0, 0.1) is 17.8 Å². The summed E-state index contributed by atoms with van der Waals surface area (Å²) in [4.78, 5) is 0. The van der Waals surface area contributed by atoms with Crippen LogP contribution in [0.25, 0.3) is 0 Å². The molecule has 2 atom stereocenters. The topological polar surface area (TPSA) is 27.7 Å². The van der Waals surface area contributed by atoms with Gasteiger partial charge in [-0.15, -0.1) is 0 Å². The standard InChI is InChI=1S/C30H46O3Si/c1-10-11-12-13-14-15-22-19-26-28(27(20-22)33-34(8,9)29(2,3)4)24-18-23(21-31-7)16-17-25(24)30(5,6)32-26/h19-21,24-25H,10-13,16-18H2,1-9H3/b23-21+/t24-,25-/m1/s1. The lowest BCUT2D eigenvalue weighted by Gasteiger charge is -2.49. The molecule has 0 radical (unpaired) electrons. The van der Waals surface area contributed by atoms with Crippen LogP contribution in [0.5, 0.6) is 11.5 Å². The lowest BCUT2D eigenvalue weighted by molar-refractivity contribution is -0.000989. The van der Waals surface area contributed by atoms with Crippen molar-refractivity contribution in [1.82, 2.24) is 0 Å². The molecule has 0 unspecified atom stereocenters. The van der Waals surface area contributed by atoms with E-state index in [1.165, 1.54) is 24.0 Å². The van der Waals surface area contributed by atoms with Crippen LogP contribution < -0.4 is 9.16 Å². The van der Waals surface area contributed by atoms with Crippen molar-refractivity contribution in [3.05, 3.63) is 35.1 Å². The van der Waals surface area contributed by atoms with Crippen LogP contribution in [0.3, 0.4) is 0 Å². The molecular formula is C30H46O3Si. The molecule has 1 aromatic rings. The zero-order valence-corrected chi connectivity index (χ0v) is 24.1. The molecule has 4 heteroatoms. The fourth-order valence-corrected chi connectivity index (χ4v) is 6.13. The predicted octanol–water partition coefficient (Wildman–Crippen LogP) is 8.59. The lowest BCUT2D eigenvalue weighted by atomic mass is 9.65. The van der Waals surface area contributed by atoms with Crippen LogP contribution in [0.4, 0.5) is 0 Å². The first-order valence-electron chi connectivity index (χ1n) is 13.1. The molecule has 188 valence electrons. The second-order valence-electron chi connectivity index (χ2n) is 12.2. The average Bonchev–Trinajstić information content (AvgIpc) is 2.72. The quantitative estimate of drug-likeness (QED) is 0.176. The lowest BCUT2D eigenvalue weighted by Crippen LogP contribution is -2.47. The van der Waals surface area contributed by atoms with Gasteiger partial charge in [-0.05, 0) is 75.4 Å². The molecule has 0 saturated heterocycles. The van der Waals surface area contributed by atoms with E-state index in [1.54, 1.807) is 7.11 Å². The zero-order valence-electron chi connectivity index (χ0n) is 23.1. The van der Waals surface area contributed by atoms with Gasteiger partial charge in [0.25, 0.3) is 0 Å². The number of fused-ring (bicyclic) bond motifs is 3. The van der Waals surface area contributed by atoms with E-state index in [2.05, 4.69) is 78.6 Å². The van der Waals surface area contributed by atoms with Crippen LogP contribution >= 0.6 is 0 Å². The van der Waals surface area contributed by atoms with Crippen LogP contribution in [-0.4, -0.2) is 21.0 Å². The second-order valence-corrected chi connectivity index (χ2v) is 16.9. The third-order valence-corrected chi connectivity index (χ3v) is 12.4. The van der Waals surface area contributed by atoms with E-state index in [1.807, 2.05) is 6.26 Å². The molecule has 1 aliphatic heterocycles. The average molecular weight is 483 g/mol. The molecule has 0 N–H and O–H groups in total. The molecule has 3 rings (SSSR count). The number of ether oxygens (including phenoxy) is 2. The minimum atomic E-state index is -2.04. The van der Waals surface area contributed by atoms with Gasteiger partial charge in [0.2, 0.25) is 8.32 Å². The summed E-state index contributed by atoms with van der Waals surface area (Å²) in [6.07, 6.45) is 9.65. The summed E-state index contributed by atoms with van der Waals surface area (Å²) in [5.74, 6) is 9.57. The van der Waals surface area contributed by atoms with Gasteiger partial charge in [-0.25, -0.2) is 0 Å². The van der Waals surface area contributed by atoms with Crippen molar-refractivity contribution >= 4 is 8.32 Å². The van der Waals surface area contributed by atoms with Crippen LogP contribution in [0.2, 0.25) is 18.1 Å². The van der Waals surface area contributed by atoms with E-state index in [9.17, 15) is 0 Å². The number of rotatable bonds is 6. The van der Waals surface area contributed by atoms with Crippen LogP contribution in [0.15, 0.2) is 24.0 Å². The summed E-state index contributed by atoms with van der Waals surface area (Å²) in [7, 11) is -0.296. The molecular weight excluding hydrogens is 436 g/mol. The SMILES string of the molecule is CCCCCC#Cc1cc2c(c(O[Si](C)(C)C(C)(C)C)c1)[C@@H]1C/C(=C/OC)CC[C@H]1C(C)(C)O2. The minimum absolute atomic E-state index is 0.115.